The molecule has 0 bridgehead atoms. The van der Waals surface area contributed by atoms with Gasteiger partial charge in [-0.15, -0.1) is 0 Å². The van der Waals surface area contributed by atoms with Crippen molar-refractivity contribution in [1.29, 1.82) is 0 Å². The summed E-state index contributed by atoms with van der Waals surface area (Å²) in [5.41, 5.74) is 0.100. The lowest BCUT2D eigenvalue weighted by Crippen LogP contribution is -2.44. The van der Waals surface area contributed by atoms with Gasteiger partial charge in [0, 0.05) is 6.04 Å². The zero-order valence-corrected chi connectivity index (χ0v) is 11.0. The molecule has 0 radical (unpaired) electrons. The standard InChI is InChI=1S/C14H19F2NO/c1-14(2)8-7-11(13(14)17-3)18-10-6-4-5-9(15)12(10)16/h4-6,11,13,17H,7-8H2,1-3H3. The molecule has 1 aromatic rings. The van der Waals surface area contributed by atoms with Crippen LogP contribution in [0.25, 0.3) is 0 Å². The molecule has 0 aromatic heterocycles. The Morgan fingerprint density at radius 2 is 2.06 bits per heavy atom. The van der Waals surface area contributed by atoms with Gasteiger partial charge < -0.3 is 10.1 Å². The molecular weight excluding hydrogens is 236 g/mol. The number of hydrogen-bond donors (Lipinski definition) is 1. The first kappa shape index (κ1) is 13.3. The third-order valence-corrected chi connectivity index (χ3v) is 3.79. The summed E-state index contributed by atoms with van der Waals surface area (Å²) >= 11 is 0. The van der Waals surface area contributed by atoms with Gasteiger partial charge in [0.2, 0.25) is 5.82 Å². The van der Waals surface area contributed by atoms with E-state index in [0.29, 0.717) is 0 Å². The van der Waals surface area contributed by atoms with Crippen molar-refractivity contribution in [3.63, 3.8) is 0 Å². The second-order valence-corrected chi connectivity index (χ2v) is 5.50. The van der Waals surface area contributed by atoms with E-state index in [1.807, 2.05) is 7.05 Å². The number of nitrogens with one attached hydrogen (secondary N) is 1. The predicted octanol–water partition coefficient (Wildman–Crippen LogP) is 3.12. The highest BCUT2D eigenvalue weighted by Gasteiger charge is 2.42. The molecule has 100 valence electrons. The Labute approximate surface area is 106 Å². The van der Waals surface area contributed by atoms with Crippen molar-refractivity contribution in [1.82, 2.24) is 5.32 Å². The molecule has 0 aliphatic heterocycles. The zero-order valence-electron chi connectivity index (χ0n) is 11.0. The van der Waals surface area contributed by atoms with Gasteiger partial charge >= 0.3 is 0 Å². The molecule has 0 amide bonds. The van der Waals surface area contributed by atoms with Crippen LogP contribution in [0.5, 0.6) is 5.75 Å². The van der Waals surface area contributed by atoms with Crippen LogP contribution in [-0.4, -0.2) is 19.2 Å². The fourth-order valence-electron chi connectivity index (χ4n) is 2.78. The average Bonchev–Trinajstić information content (AvgIpc) is 2.60. The first-order valence-corrected chi connectivity index (χ1v) is 6.23. The maximum atomic E-state index is 13.6. The molecule has 2 unspecified atom stereocenters. The number of halogens is 2. The number of hydrogen-bond acceptors (Lipinski definition) is 2. The first-order valence-electron chi connectivity index (χ1n) is 6.23. The summed E-state index contributed by atoms with van der Waals surface area (Å²) in [7, 11) is 1.87. The number of rotatable bonds is 3. The summed E-state index contributed by atoms with van der Waals surface area (Å²) in [6.45, 7) is 4.30. The van der Waals surface area contributed by atoms with Crippen LogP contribution < -0.4 is 10.1 Å². The molecule has 18 heavy (non-hydrogen) atoms. The number of benzene rings is 1. The summed E-state index contributed by atoms with van der Waals surface area (Å²) in [5, 5.41) is 3.22. The normalized spacial score (nSPS) is 26.3. The summed E-state index contributed by atoms with van der Waals surface area (Å²) in [4.78, 5) is 0. The van der Waals surface area contributed by atoms with Crippen LogP contribution in [0.2, 0.25) is 0 Å². The molecule has 1 fully saturated rings. The van der Waals surface area contributed by atoms with Gasteiger partial charge in [-0.2, -0.15) is 4.39 Å². The summed E-state index contributed by atoms with van der Waals surface area (Å²) in [6.07, 6.45) is 1.72. The van der Waals surface area contributed by atoms with E-state index in [4.69, 9.17) is 4.74 Å². The molecule has 4 heteroatoms. The largest absolute Gasteiger partial charge is 0.486 e. The highest BCUT2D eigenvalue weighted by atomic mass is 19.2. The molecule has 2 rings (SSSR count). The Bertz CT molecular complexity index is 434. The number of likely N-dealkylation sites (N-methyl/N-ethyl adjacent to an activating group) is 1. The molecule has 1 aliphatic carbocycles. The average molecular weight is 255 g/mol. The molecule has 0 spiro atoms. The molecule has 1 aromatic carbocycles. The van der Waals surface area contributed by atoms with E-state index < -0.39 is 11.6 Å². The lowest BCUT2D eigenvalue weighted by Gasteiger charge is -2.30. The topological polar surface area (TPSA) is 21.3 Å². The van der Waals surface area contributed by atoms with Crippen molar-refractivity contribution in [3.05, 3.63) is 29.8 Å². The maximum absolute atomic E-state index is 13.6. The van der Waals surface area contributed by atoms with E-state index in [-0.39, 0.29) is 23.3 Å². The molecule has 1 aliphatic rings. The van der Waals surface area contributed by atoms with E-state index >= 15 is 0 Å². The number of ether oxygens (including phenoxy) is 1. The van der Waals surface area contributed by atoms with Crippen molar-refractivity contribution in [2.45, 2.75) is 38.8 Å². The van der Waals surface area contributed by atoms with E-state index in [0.717, 1.165) is 18.9 Å². The monoisotopic (exact) mass is 255 g/mol. The fourth-order valence-corrected chi connectivity index (χ4v) is 2.78. The molecule has 1 N–H and O–H groups in total. The van der Waals surface area contributed by atoms with Gasteiger partial charge in [-0.3, -0.25) is 0 Å². The summed E-state index contributed by atoms with van der Waals surface area (Å²) in [5.74, 6) is -1.78. The van der Waals surface area contributed by atoms with Crippen LogP contribution in [0.4, 0.5) is 8.78 Å². The molecular formula is C14H19F2NO. The highest BCUT2D eigenvalue weighted by Crippen LogP contribution is 2.39. The minimum Gasteiger partial charge on any atom is -0.486 e. The fraction of sp³-hybridized carbons (Fsp3) is 0.571. The Morgan fingerprint density at radius 3 is 2.72 bits per heavy atom. The molecule has 2 nitrogen and oxygen atoms in total. The third kappa shape index (κ3) is 2.34. The van der Waals surface area contributed by atoms with Crippen molar-refractivity contribution < 1.29 is 13.5 Å². The van der Waals surface area contributed by atoms with E-state index in [2.05, 4.69) is 19.2 Å². The second kappa shape index (κ2) is 4.84. The Morgan fingerprint density at radius 1 is 1.33 bits per heavy atom. The lowest BCUT2D eigenvalue weighted by molar-refractivity contribution is 0.139. The molecule has 0 saturated heterocycles. The highest BCUT2D eigenvalue weighted by molar-refractivity contribution is 5.25. The summed E-state index contributed by atoms with van der Waals surface area (Å²) < 4.78 is 32.3. The summed E-state index contributed by atoms with van der Waals surface area (Å²) in [6, 6.07) is 4.16. The van der Waals surface area contributed by atoms with Gasteiger partial charge in [-0.25, -0.2) is 4.39 Å². The smallest absolute Gasteiger partial charge is 0.200 e. The van der Waals surface area contributed by atoms with Crippen LogP contribution in [-0.2, 0) is 0 Å². The first-order chi connectivity index (χ1) is 8.45. The van der Waals surface area contributed by atoms with E-state index in [1.165, 1.54) is 12.1 Å². The van der Waals surface area contributed by atoms with E-state index in [1.54, 1.807) is 0 Å². The minimum absolute atomic E-state index is 0.00190. The zero-order chi connectivity index (χ0) is 13.3. The molecule has 1 saturated carbocycles. The Balaban J connectivity index is 2.17. The quantitative estimate of drug-likeness (QED) is 0.896. The van der Waals surface area contributed by atoms with Crippen LogP contribution in [0.3, 0.4) is 0 Å². The van der Waals surface area contributed by atoms with E-state index in [9.17, 15) is 8.78 Å². The Hall–Kier alpha value is -1.16. The van der Waals surface area contributed by atoms with Gasteiger partial charge in [-0.05, 0) is 37.4 Å². The second-order valence-electron chi connectivity index (χ2n) is 5.50. The van der Waals surface area contributed by atoms with Crippen molar-refractivity contribution in [2.75, 3.05) is 7.05 Å². The van der Waals surface area contributed by atoms with Crippen LogP contribution in [0, 0.1) is 17.0 Å². The minimum atomic E-state index is -0.906. The maximum Gasteiger partial charge on any atom is 0.200 e. The van der Waals surface area contributed by atoms with Gasteiger partial charge in [0.15, 0.2) is 11.6 Å². The Kier molecular flexibility index (Phi) is 3.57. The SMILES string of the molecule is CNC1C(Oc2cccc(F)c2F)CCC1(C)C. The molecule has 2 atom stereocenters. The van der Waals surface area contributed by atoms with Crippen LogP contribution in [0.15, 0.2) is 18.2 Å². The van der Waals surface area contributed by atoms with Crippen LogP contribution in [0.1, 0.15) is 26.7 Å². The van der Waals surface area contributed by atoms with Gasteiger partial charge in [0.1, 0.15) is 6.10 Å². The van der Waals surface area contributed by atoms with Crippen molar-refractivity contribution in [3.8, 4) is 5.75 Å². The van der Waals surface area contributed by atoms with Crippen molar-refractivity contribution >= 4 is 0 Å². The van der Waals surface area contributed by atoms with Gasteiger partial charge in [0.25, 0.3) is 0 Å². The van der Waals surface area contributed by atoms with Crippen LogP contribution >= 0.6 is 0 Å². The van der Waals surface area contributed by atoms with Crippen molar-refractivity contribution in [2.24, 2.45) is 5.41 Å². The predicted molar refractivity (Wildman–Crippen MR) is 66.6 cm³/mol. The molecule has 0 heterocycles. The van der Waals surface area contributed by atoms with Gasteiger partial charge in [-0.1, -0.05) is 19.9 Å². The van der Waals surface area contributed by atoms with Gasteiger partial charge in [0.05, 0.1) is 0 Å². The lowest BCUT2D eigenvalue weighted by atomic mass is 9.87. The third-order valence-electron chi connectivity index (χ3n) is 3.79.